The maximum atomic E-state index is 12.1. The first-order chi connectivity index (χ1) is 9.80. The average Bonchev–Trinajstić information content (AvgIpc) is 2.30. The molecule has 0 spiro atoms. The summed E-state index contributed by atoms with van der Waals surface area (Å²) in [5.74, 6) is -1.86. The summed E-state index contributed by atoms with van der Waals surface area (Å²) in [5.41, 5.74) is 0. The van der Waals surface area contributed by atoms with E-state index in [0.29, 0.717) is 0 Å². The topological polar surface area (TPSA) is 78.6 Å². The minimum absolute atomic E-state index is 0. The lowest BCUT2D eigenvalue weighted by Gasteiger charge is -2.17. The van der Waals surface area contributed by atoms with Gasteiger partial charge in [-0.15, -0.1) is 12.4 Å². The van der Waals surface area contributed by atoms with Gasteiger partial charge in [0.2, 0.25) is 10.0 Å². The number of halogens is 7. The fraction of sp³-hybridized carbons (Fsp3) is 0.400. The predicted molar refractivity (Wildman–Crippen MR) is 68.2 cm³/mol. The van der Waals surface area contributed by atoms with Crippen molar-refractivity contribution in [3.63, 3.8) is 0 Å². The minimum Gasteiger partial charge on any atom is -0.480 e. The molecule has 134 valence electrons. The summed E-state index contributed by atoms with van der Waals surface area (Å²) >= 11 is 0. The van der Waals surface area contributed by atoms with E-state index in [1.54, 1.807) is 0 Å². The lowest BCUT2D eigenvalue weighted by Crippen LogP contribution is -2.23. The molecule has 0 bridgehead atoms. The molecule has 23 heavy (non-hydrogen) atoms. The average molecular weight is 390 g/mol. The Bertz CT molecular complexity index is 631. The first-order valence-electron chi connectivity index (χ1n) is 5.34. The summed E-state index contributed by atoms with van der Waals surface area (Å²) in [6.45, 7) is -3.77. The van der Waals surface area contributed by atoms with Gasteiger partial charge in [-0.1, -0.05) is 6.07 Å². The van der Waals surface area contributed by atoms with E-state index < -0.39 is 52.0 Å². The molecule has 1 aromatic carbocycles. The lowest BCUT2D eigenvalue weighted by molar-refractivity contribution is -0.158. The van der Waals surface area contributed by atoms with E-state index in [0.717, 1.165) is 18.2 Å². The Hall–Kier alpha value is -1.40. The van der Waals surface area contributed by atoms with Crippen molar-refractivity contribution in [1.82, 2.24) is 0 Å². The highest BCUT2D eigenvalue weighted by Gasteiger charge is 2.32. The first-order valence-corrected chi connectivity index (χ1v) is 6.89. The molecule has 0 aliphatic rings. The zero-order chi connectivity index (χ0) is 17.2. The first kappa shape index (κ1) is 21.6. The highest BCUT2D eigenvalue weighted by Crippen LogP contribution is 2.35. The van der Waals surface area contributed by atoms with E-state index in [2.05, 4.69) is 9.47 Å². The van der Waals surface area contributed by atoms with Gasteiger partial charge in [0.15, 0.2) is 24.7 Å². The van der Waals surface area contributed by atoms with Gasteiger partial charge in [-0.2, -0.15) is 26.3 Å². The quantitative estimate of drug-likeness (QED) is 0.785. The van der Waals surface area contributed by atoms with Crippen LogP contribution in [0.15, 0.2) is 23.1 Å². The number of nitrogens with two attached hydrogens (primary N) is 1. The number of rotatable bonds is 5. The smallest absolute Gasteiger partial charge is 0.422 e. The third-order valence-corrected chi connectivity index (χ3v) is 2.96. The third kappa shape index (κ3) is 7.61. The second kappa shape index (κ2) is 7.45. The van der Waals surface area contributed by atoms with Crippen LogP contribution in [0.1, 0.15) is 0 Å². The van der Waals surface area contributed by atoms with Gasteiger partial charge in [-0.25, -0.2) is 13.6 Å². The molecule has 0 saturated carbocycles. The fourth-order valence-electron chi connectivity index (χ4n) is 1.29. The highest BCUT2D eigenvalue weighted by atomic mass is 35.5. The van der Waals surface area contributed by atoms with Crippen LogP contribution in [0.4, 0.5) is 26.3 Å². The van der Waals surface area contributed by atoms with Crippen molar-refractivity contribution in [2.75, 3.05) is 13.2 Å². The molecule has 1 aromatic rings. The minimum atomic E-state index is -4.84. The van der Waals surface area contributed by atoms with Gasteiger partial charge in [0, 0.05) is 0 Å². The van der Waals surface area contributed by atoms with Crippen LogP contribution in [-0.2, 0) is 10.0 Å². The second-order valence-electron chi connectivity index (χ2n) is 3.94. The predicted octanol–water partition coefficient (Wildman–Crippen LogP) is 2.64. The Kier molecular flexibility index (Phi) is 6.99. The van der Waals surface area contributed by atoms with Crippen LogP contribution in [0.3, 0.4) is 0 Å². The highest BCUT2D eigenvalue weighted by molar-refractivity contribution is 7.89. The Morgan fingerprint density at radius 2 is 1.43 bits per heavy atom. The van der Waals surface area contributed by atoms with Crippen molar-refractivity contribution in [2.24, 2.45) is 5.14 Å². The van der Waals surface area contributed by atoms with Gasteiger partial charge in [0.1, 0.15) is 4.90 Å². The number of ether oxygens (including phenoxy) is 2. The number of benzene rings is 1. The summed E-state index contributed by atoms with van der Waals surface area (Å²) in [4.78, 5) is -0.920. The van der Waals surface area contributed by atoms with E-state index in [1.165, 1.54) is 0 Å². The van der Waals surface area contributed by atoms with E-state index in [-0.39, 0.29) is 12.4 Å². The number of para-hydroxylation sites is 1. The van der Waals surface area contributed by atoms with Gasteiger partial charge in [0.25, 0.3) is 0 Å². The number of alkyl halides is 6. The van der Waals surface area contributed by atoms with Gasteiger partial charge < -0.3 is 9.47 Å². The summed E-state index contributed by atoms with van der Waals surface area (Å²) in [7, 11) is -4.53. The number of hydrogen-bond donors (Lipinski definition) is 1. The summed E-state index contributed by atoms with van der Waals surface area (Å²) in [5, 5.41) is 4.78. The van der Waals surface area contributed by atoms with Crippen molar-refractivity contribution in [3.05, 3.63) is 18.2 Å². The molecule has 0 aromatic heterocycles. The van der Waals surface area contributed by atoms with Crippen LogP contribution >= 0.6 is 12.4 Å². The molecule has 0 amide bonds. The fourth-order valence-corrected chi connectivity index (χ4v) is 1.98. The molecule has 1 rings (SSSR count). The van der Waals surface area contributed by atoms with E-state index in [1.807, 2.05) is 0 Å². The molecule has 5 nitrogen and oxygen atoms in total. The Labute approximate surface area is 132 Å². The van der Waals surface area contributed by atoms with Crippen molar-refractivity contribution in [3.8, 4) is 11.5 Å². The molecule has 0 aliphatic heterocycles. The second-order valence-corrected chi connectivity index (χ2v) is 5.47. The van der Waals surface area contributed by atoms with Crippen LogP contribution in [0.5, 0.6) is 11.5 Å². The molecular formula is C10H10ClF6NO4S. The number of hydrogen-bond acceptors (Lipinski definition) is 4. The Balaban J connectivity index is 0.00000484. The molecule has 0 heterocycles. The third-order valence-electron chi connectivity index (χ3n) is 2.02. The number of primary sulfonamides is 1. The Morgan fingerprint density at radius 3 is 1.87 bits per heavy atom. The van der Waals surface area contributed by atoms with E-state index >= 15 is 0 Å². The normalized spacial score (nSPS) is 12.5. The van der Waals surface area contributed by atoms with Crippen LogP contribution in [-0.4, -0.2) is 34.0 Å². The molecule has 0 fully saturated rings. The van der Waals surface area contributed by atoms with E-state index in [9.17, 15) is 34.8 Å². The standard InChI is InChI=1S/C10H9F6NO4S.ClH/c11-9(12,13)4-20-6-2-1-3-7(22(17,18)19)8(6)21-5-10(14,15)16;/h1-3H,4-5H2,(H2,17,18,19);1H. The Morgan fingerprint density at radius 1 is 0.957 bits per heavy atom. The maximum absolute atomic E-state index is 12.1. The van der Waals surface area contributed by atoms with E-state index in [4.69, 9.17) is 5.14 Å². The van der Waals surface area contributed by atoms with Gasteiger partial charge in [0.05, 0.1) is 0 Å². The van der Waals surface area contributed by atoms with Gasteiger partial charge in [-0.3, -0.25) is 0 Å². The van der Waals surface area contributed by atoms with Gasteiger partial charge >= 0.3 is 12.4 Å². The maximum Gasteiger partial charge on any atom is 0.422 e. The molecule has 0 atom stereocenters. The summed E-state index contributed by atoms with van der Waals surface area (Å²) in [6, 6.07) is 2.56. The van der Waals surface area contributed by atoms with Crippen molar-refractivity contribution in [2.45, 2.75) is 17.2 Å². The molecule has 0 saturated heterocycles. The van der Waals surface area contributed by atoms with Crippen LogP contribution in [0, 0.1) is 0 Å². The molecule has 0 unspecified atom stereocenters. The van der Waals surface area contributed by atoms with Crippen molar-refractivity contribution < 1.29 is 44.2 Å². The SMILES string of the molecule is Cl.NS(=O)(=O)c1cccc(OCC(F)(F)F)c1OCC(F)(F)F. The van der Waals surface area contributed by atoms with Crippen molar-refractivity contribution in [1.29, 1.82) is 0 Å². The van der Waals surface area contributed by atoms with Crippen LogP contribution < -0.4 is 14.6 Å². The summed E-state index contributed by atoms with van der Waals surface area (Å²) < 4.78 is 104. The van der Waals surface area contributed by atoms with Crippen LogP contribution in [0.25, 0.3) is 0 Å². The zero-order valence-electron chi connectivity index (χ0n) is 10.9. The largest absolute Gasteiger partial charge is 0.480 e. The summed E-state index contributed by atoms with van der Waals surface area (Å²) in [6.07, 6.45) is -9.62. The number of sulfonamides is 1. The molecule has 0 aliphatic carbocycles. The molecule has 2 N–H and O–H groups in total. The van der Waals surface area contributed by atoms with Crippen LogP contribution in [0.2, 0.25) is 0 Å². The zero-order valence-corrected chi connectivity index (χ0v) is 12.6. The molecule has 0 radical (unpaired) electrons. The van der Waals surface area contributed by atoms with Gasteiger partial charge in [-0.05, 0) is 12.1 Å². The monoisotopic (exact) mass is 389 g/mol. The van der Waals surface area contributed by atoms with Crippen molar-refractivity contribution >= 4 is 22.4 Å². The molecule has 13 heteroatoms. The molecular weight excluding hydrogens is 380 g/mol. The lowest BCUT2D eigenvalue weighted by atomic mass is 10.3.